The van der Waals surface area contributed by atoms with E-state index in [9.17, 15) is 0 Å². The molecule has 1 heterocycles. The Morgan fingerprint density at radius 2 is 1.79 bits per heavy atom. The Morgan fingerprint density at radius 1 is 1.16 bits per heavy atom. The highest BCUT2D eigenvalue weighted by atomic mass is 32.1. The highest BCUT2D eigenvalue weighted by Gasteiger charge is 2.19. The number of fused-ring (bicyclic) bond motifs is 1. The smallest absolute Gasteiger partial charge is 0.104 e. The van der Waals surface area contributed by atoms with Gasteiger partial charge < -0.3 is 5.73 Å². The number of rotatable bonds is 1. The zero-order valence-corrected chi connectivity index (χ0v) is 13.0. The van der Waals surface area contributed by atoms with E-state index >= 15 is 0 Å². The molecule has 0 atom stereocenters. The Morgan fingerprint density at radius 3 is 2.32 bits per heavy atom. The van der Waals surface area contributed by atoms with E-state index in [1.165, 1.54) is 11.1 Å². The van der Waals surface area contributed by atoms with E-state index in [-0.39, 0.29) is 5.41 Å². The number of thiocarbonyl (C=S) groups is 1. The topological polar surface area (TPSA) is 38.9 Å². The first kappa shape index (κ1) is 13.9. The third-order valence-corrected chi connectivity index (χ3v) is 3.50. The Kier molecular flexibility index (Phi) is 3.35. The molecule has 0 saturated carbocycles. The molecule has 0 amide bonds. The summed E-state index contributed by atoms with van der Waals surface area (Å²) in [6.45, 7) is 10.6. The lowest BCUT2D eigenvalue weighted by molar-refractivity contribution is 0.571. The van der Waals surface area contributed by atoms with E-state index in [0.29, 0.717) is 4.99 Å². The van der Waals surface area contributed by atoms with Gasteiger partial charge in [-0.3, -0.25) is 4.98 Å². The number of benzene rings is 1. The first-order valence-electron chi connectivity index (χ1n) is 6.42. The molecule has 2 rings (SSSR count). The lowest BCUT2D eigenvalue weighted by atomic mass is 9.89. The van der Waals surface area contributed by atoms with Crippen molar-refractivity contribution in [2.75, 3.05) is 0 Å². The summed E-state index contributed by atoms with van der Waals surface area (Å²) in [6, 6.07) is 6.28. The molecule has 0 aliphatic heterocycles. The van der Waals surface area contributed by atoms with Gasteiger partial charge in [-0.1, -0.05) is 44.6 Å². The van der Waals surface area contributed by atoms with Crippen LogP contribution >= 0.6 is 12.2 Å². The molecule has 0 fully saturated rings. The van der Waals surface area contributed by atoms with Crippen molar-refractivity contribution in [2.45, 2.75) is 40.0 Å². The first-order chi connectivity index (χ1) is 8.70. The summed E-state index contributed by atoms with van der Waals surface area (Å²) in [6.07, 6.45) is 0. The average Bonchev–Trinajstić information content (AvgIpc) is 2.25. The second-order valence-corrected chi connectivity index (χ2v) is 6.59. The maximum absolute atomic E-state index is 5.90. The minimum Gasteiger partial charge on any atom is -0.389 e. The third-order valence-electron chi connectivity index (χ3n) is 3.28. The van der Waals surface area contributed by atoms with Crippen LogP contribution in [-0.2, 0) is 5.41 Å². The van der Waals surface area contributed by atoms with Gasteiger partial charge in [0.1, 0.15) is 4.99 Å². The third kappa shape index (κ3) is 2.61. The van der Waals surface area contributed by atoms with E-state index in [0.717, 1.165) is 22.2 Å². The van der Waals surface area contributed by atoms with Crippen molar-refractivity contribution in [3.8, 4) is 0 Å². The second-order valence-electron chi connectivity index (χ2n) is 6.15. The van der Waals surface area contributed by atoms with Crippen LogP contribution in [0.25, 0.3) is 10.9 Å². The van der Waals surface area contributed by atoms with Gasteiger partial charge in [0.2, 0.25) is 0 Å². The highest BCUT2D eigenvalue weighted by molar-refractivity contribution is 7.80. The van der Waals surface area contributed by atoms with Gasteiger partial charge in [0.05, 0.1) is 5.52 Å². The van der Waals surface area contributed by atoms with Crippen LogP contribution in [-0.4, -0.2) is 9.97 Å². The van der Waals surface area contributed by atoms with Gasteiger partial charge in [-0.25, -0.2) is 0 Å². The Bertz CT molecular complexity index is 666. The van der Waals surface area contributed by atoms with Crippen molar-refractivity contribution in [3.05, 3.63) is 40.6 Å². The lowest BCUT2D eigenvalue weighted by Crippen LogP contribution is -2.18. The van der Waals surface area contributed by atoms with Crippen molar-refractivity contribution >= 4 is 28.1 Å². The van der Waals surface area contributed by atoms with Crippen LogP contribution in [0.5, 0.6) is 0 Å². The average molecular weight is 272 g/mol. The SMILES string of the molecule is Cc1cc(C)c2nc(C(C)(C)C)cc(C(N)=S)c2c1. The molecule has 1 aromatic carbocycles. The Hall–Kier alpha value is -1.48. The maximum atomic E-state index is 5.90. The van der Waals surface area contributed by atoms with E-state index in [1.807, 2.05) is 6.07 Å². The largest absolute Gasteiger partial charge is 0.389 e. The molecule has 100 valence electrons. The summed E-state index contributed by atoms with van der Waals surface area (Å²) in [5.74, 6) is 0. The molecule has 2 aromatic rings. The Balaban J connectivity index is 2.92. The van der Waals surface area contributed by atoms with Crippen molar-refractivity contribution in [2.24, 2.45) is 5.73 Å². The highest BCUT2D eigenvalue weighted by Crippen LogP contribution is 2.28. The van der Waals surface area contributed by atoms with Crippen molar-refractivity contribution in [3.63, 3.8) is 0 Å². The minimum absolute atomic E-state index is 0.0228. The molecule has 0 bridgehead atoms. The zero-order valence-electron chi connectivity index (χ0n) is 12.2. The maximum Gasteiger partial charge on any atom is 0.104 e. The summed E-state index contributed by atoms with van der Waals surface area (Å²) in [4.78, 5) is 5.25. The van der Waals surface area contributed by atoms with Crippen LogP contribution in [0.15, 0.2) is 18.2 Å². The number of pyridine rings is 1. The molecule has 0 saturated heterocycles. The summed E-state index contributed by atoms with van der Waals surface area (Å²) >= 11 is 5.21. The molecular formula is C16H20N2S. The second kappa shape index (κ2) is 4.57. The van der Waals surface area contributed by atoms with Gasteiger partial charge in [-0.15, -0.1) is 0 Å². The van der Waals surface area contributed by atoms with Crippen LogP contribution < -0.4 is 5.73 Å². The predicted molar refractivity (Wildman–Crippen MR) is 85.8 cm³/mol. The van der Waals surface area contributed by atoms with Crippen LogP contribution in [0.4, 0.5) is 0 Å². The molecule has 0 radical (unpaired) electrons. The number of hydrogen-bond acceptors (Lipinski definition) is 2. The fourth-order valence-corrected chi connectivity index (χ4v) is 2.44. The monoisotopic (exact) mass is 272 g/mol. The molecule has 1 aromatic heterocycles. The van der Waals surface area contributed by atoms with Gasteiger partial charge in [-0.05, 0) is 31.5 Å². The standard InChI is InChI=1S/C16H20N2S/c1-9-6-10(2)14-11(7-9)12(15(17)19)8-13(18-14)16(3,4)5/h6-8H,1-5H3,(H2,17,19). The van der Waals surface area contributed by atoms with E-state index < -0.39 is 0 Å². The quantitative estimate of drug-likeness (QED) is 0.803. The zero-order chi connectivity index (χ0) is 14.4. The molecule has 2 N–H and O–H groups in total. The number of nitrogens with zero attached hydrogens (tertiary/aromatic N) is 1. The molecule has 2 nitrogen and oxygen atoms in total. The van der Waals surface area contributed by atoms with Gasteiger partial charge in [-0.2, -0.15) is 0 Å². The number of aromatic nitrogens is 1. The van der Waals surface area contributed by atoms with E-state index in [1.54, 1.807) is 0 Å². The minimum atomic E-state index is -0.0228. The normalized spacial score (nSPS) is 11.8. The molecule has 19 heavy (non-hydrogen) atoms. The first-order valence-corrected chi connectivity index (χ1v) is 6.83. The summed E-state index contributed by atoms with van der Waals surface area (Å²) in [7, 11) is 0. The number of nitrogens with two attached hydrogens (primary N) is 1. The summed E-state index contributed by atoms with van der Waals surface area (Å²) in [5.41, 5.74) is 11.2. The van der Waals surface area contributed by atoms with Gasteiger partial charge in [0, 0.05) is 22.1 Å². The molecule has 0 aliphatic rings. The van der Waals surface area contributed by atoms with Crippen LogP contribution in [0.3, 0.4) is 0 Å². The molecule has 3 heteroatoms. The molecule has 0 unspecified atom stereocenters. The van der Waals surface area contributed by atoms with E-state index in [2.05, 4.69) is 46.8 Å². The van der Waals surface area contributed by atoms with Crippen molar-refractivity contribution < 1.29 is 0 Å². The van der Waals surface area contributed by atoms with Crippen LogP contribution in [0.1, 0.15) is 43.2 Å². The number of hydrogen-bond donors (Lipinski definition) is 1. The van der Waals surface area contributed by atoms with Gasteiger partial charge >= 0.3 is 0 Å². The Labute approximate surface area is 120 Å². The van der Waals surface area contributed by atoms with Crippen LogP contribution in [0, 0.1) is 13.8 Å². The van der Waals surface area contributed by atoms with Crippen molar-refractivity contribution in [1.29, 1.82) is 0 Å². The van der Waals surface area contributed by atoms with E-state index in [4.69, 9.17) is 22.9 Å². The van der Waals surface area contributed by atoms with Crippen molar-refractivity contribution in [1.82, 2.24) is 4.98 Å². The summed E-state index contributed by atoms with van der Waals surface area (Å²) in [5, 5.41) is 1.05. The van der Waals surface area contributed by atoms with Crippen LogP contribution in [0.2, 0.25) is 0 Å². The molecule has 0 aliphatic carbocycles. The summed E-state index contributed by atoms with van der Waals surface area (Å²) < 4.78 is 0. The lowest BCUT2D eigenvalue weighted by Gasteiger charge is -2.20. The molecular weight excluding hydrogens is 252 g/mol. The number of aryl methyl sites for hydroxylation is 2. The predicted octanol–water partition coefficient (Wildman–Crippen LogP) is 3.78. The van der Waals surface area contributed by atoms with Gasteiger partial charge in [0.15, 0.2) is 0 Å². The fraction of sp³-hybridized carbons (Fsp3) is 0.375. The fourth-order valence-electron chi connectivity index (χ4n) is 2.27. The molecule has 0 spiro atoms. The van der Waals surface area contributed by atoms with Gasteiger partial charge in [0.25, 0.3) is 0 Å².